The third-order valence-electron chi connectivity index (χ3n) is 5.53. The van der Waals surface area contributed by atoms with E-state index in [1.165, 1.54) is 11.8 Å². The van der Waals surface area contributed by atoms with E-state index in [0.717, 1.165) is 22.4 Å². The van der Waals surface area contributed by atoms with Crippen molar-refractivity contribution >= 4 is 34.3 Å². The van der Waals surface area contributed by atoms with Gasteiger partial charge in [0.1, 0.15) is 0 Å². The van der Waals surface area contributed by atoms with Gasteiger partial charge in [0, 0.05) is 5.69 Å². The molecule has 1 N–H and O–H groups in total. The van der Waals surface area contributed by atoms with Gasteiger partial charge in [0.15, 0.2) is 5.16 Å². The maximum Gasteiger partial charge on any atom is 0.262 e. The van der Waals surface area contributed by atoms with Crippen LogP contribution in [0.1, 0.15) is 36.5 Å². The second-order valence-corrected chi connectivity index (χ2v) is 9.26. The molecule has 0 spiro atoms. The second-order valence-electron chi connectivity index (χ2n) is 8.32. The predicted octanol–water partition coefficient (Wildman–Crippen LogP) is 5.61. The zero-order valence-corrected chi connectivity index (χ0v) is 19.9. The van der Waals surface area contributed by atoms with Gasteiger partial charge in [-0.05, 0) is 41.7 Å². The first kappa shape index (κ1) is 22.8. The average molecular weight is 458 g/mol. The van der Waals surface area contributed by atoms with Crippen molar-refractivity contribution < 1.29 is 4.79 Å². The Kier molecular flexibility index (Phi) is 6.94. The standard InChI is InChI=1S/C27H27N3O2S/c1-18(2)21-14-9-10-19(3)25(21)29-24(31)17-33-27-28-23-15-8-7-13-22(23)26(32)30(27)16-20-11-5-4-6-12-20/h4-15,18H,16-17H2,1-3H3,(H,29,31). The number of thioether (sulfide) groups is 1. The summed E-state index contributed by atoms with van der Waals surface area (Å²) in [6, 6.07) is 23.2. The van der Waals surface area contributed by atoms with E-state index in [-0.39, 0.29) is 17.2 Å². The molecule has 168 valence electrons. The molecule has 0 unspecified atom stereocenters. The highest BCUT2D eigenvalue weighted by Crippen LogP contribution is 2.28. The maximum absolute atomic E-state index is 13.3. The molecule has 5 nitrogen and oxygen atoms in total. The van der Waals surface area contributed by atoms with Crippen LogP contribution in [0.3, 0.4) is 0 Å². The molecular weight excluding hydrogens is 430 g/mol. The minimum atomic E-state index is -0.120. The second kappa shape index (κ2) is 10.0. The normalized spacial score (nSPS) is 11.2. The molecule has 6 heteroatoms. The number of hydrogen-bond donors (Lipinski definition) is 1. The van der Waals surface area contributed by atoms with Gasteiger partial charge in [0.05, 0.1) is 23.2 Å². The SMILES string of the molecule is Cc1cccc(C(C)C)c1NC(=O)CSc1nc2ccccc2c(=O)n1Cc1ccccc1. The molecule has 4 rings (SSSR count). The molecule has 0 atom stereocenters. The number of aryl methyl sites for hydroxylation is 1. The van der Waals surface area contributed by atoms with E-state index < -0.39 is 0 Å². The van der Waals surface area contributed by atoms with Gasteiger partial charge >= 0.3 is 0 Å². The number of para-hydroxylation sites is 2. The van der Waals surface area contributed by atoms with Crippen LogP contribution >= 0.6 is 11.8 Å². The van der Waals surface area contributed by atoms with Crippen LogP contribution in [0.5, 0.6) is 0 Å². The van der Waals surface area contributed by atoms with Crippen molar-refractivity contribution in [2.24, 2.45) is 0 Å². The molecule has 1 amide bonds. The summed E-state index contributed by atoms with van der Waals surface area (Å²) in [5.74, 6) is 0.335. The third kappa shape index (κ3) is 5.17. The fraction of sp³-hybridized carbons (Fsp3) is 0.222. The molecule has 0 aliphatic carbocycles. The summed E-state index contributed by atoms with van der Waals surface area (Å²) < 4.78 is 1.66. The zero-order chi connectivity index (χ0) is 23.4. The Morgan fingerprint density at radius 2 is 1.73 bits per heavy atom. The Morgan fingerprint density at radius 3 is 2.48 bits per heavy atom. The third-order valence-corrected chi connectivity index (χ3v) is 6.51. The first-order valence-corrected chi connectivity index (χ1v) is 12.0. The van der Waals surface area contributed by atoms with Gasteiger partial charge in [-0.3, -0.25) is 14.2 Å². The predicted molar refractivity (Wildman–Crippen MR) is 136 cm³/mol. The lowest BCUT2D eigenvalue weighted by Gasteiger charge is -2.17. The topological polar surface area (TPSA) is 64.0 Å². The average Bonchev–Trinajstić information content (AvgIpc) is 2.81. The minimum absolute atomic E-state index is 0.103. The van der Waals surface area contributed by atoms with Crippen LogP contribution in [-0.2, 0) is 11.3 Å². The Labute approximate surface area is 197 Å². The molecular formula is C27H27N3O2S. The molecule has 0 fully saturated rings. The summed E-state index contributed by atoms with van der Waals surface area (Å²) in [4.78, 5) is 30.9. The molecule has 0 saturated heterocycles. The van der Waals surface area contributed by atoms with Crippen LogP contribution in [0.25, 0.3) is 10.9 Å². The Morgan fingerprint density at radius 1 is 1.00 bits per heavy atom. The summed E-state index contributed by atoms with van der Waals surface area (Å²) in [5, 5.41) is 4.18. The number of nitrogens with zero attached hydrogens (tertiary/aromatic N) is 2. The molecule has 0 bridgehead atoms. The van der Waals surface area contributed by atoms with Gasteiger partial charge < -0.3 is 5.32 Å². The molecule has 3 aromatic carbocycles. The summed E-state index contributed by atoms with van der Waals surface area (Å²) >= 11 is 1.28. The number of anilines is 1. The number of benzene rings is 3. The molecule has 1 aromatic heterocycles. The smallest absolute Gasteiger partial charge is 0.262 e. The summed E-state index contributed by atoms with van der Waals surface area (Å²) in [6.07, 6.45) is 0. The number of fused-ring (bicyclic) bond motifs is 1. The van der Waals surface area contributed by atoms with E-state index >= 15 is 0 Å². The number of nitrogens with one attached hydrogen (secondary N) is 1. The highest BCUT2D eigenvalue weighted by molar-refractivity contribution is 7.99. The van der Waals surface area contributed by atoms with Crippen molar-refractivity contribution in [1.82, 2.24) is 9.55 Å². The van der Waals surface area contributed by atoms with Gasteiger partial charge in [-0.2, -0.15) is 0 Å². The van der Waals surface area contributed by atoms with Crippen molar-refractivity contribution in [2.75, 3.05) is 11.1 Å². The quantitative estimate of drug-likeness (QED) is 0.289. The van der Waals surface area contributed by atoms with E-state index in [1.54, 1.807) is 10.6 Å². The van der Waals surface area contributed by atoms with E-state index in [4.69, 9.17) is 4.98 Å². The number of aromatic nitrogens is 2. The number of hydrogen-bond acceptors (Lipinski definition) is 4. The Bertz CT molecular complexity index is 1350. The van der Waals surface area contributed by atoms with Crippen molar-refractivity contribution in [2.45, 2.75) is 38.4 Å². The highest BCUT2D eigenvalue weighted by Gasteiger charge is 2.16. The molecule has 0 aliphatic heterocycles. The molecule has 0 aliphatic rings. The van der Waals surface area contributed by atoms with Crippen molar-refractivity contribution in [3.05, 3.63) is 99.8 Å². The lowest BCUT2D eigenvalue weighted by molar-refractivity contribution is -0.113. The fourth-order valence-corrected chi connectivity index (χ4v) is 4.61. The number of rotatable bonds is 7. The first-order chi connectivity index (χ1) is 15.9. The fourth-order valence-electron chi connectivity index (χ4n) is 3.81. The minimum Gasteiger partial charge on any atom is -0.325 e. The van der Waals surface area contributed by atoms with Crippen LogP contribution in [0, 0.1) is 6.92 Å². The lowest BCUT2D eigenvalue weighted by atomic mass is 9.98. The van der Waals surface area contributed by atoms with Gasteiger partial charge in [0.2, 0.25) is 5.91 Å². The Balaban J connectivity index is 1.61. The van der Waals surface area contributed by atoms with Crippen molar-refractivity contribution in [3.8, 4) is 0 Å². The number of amides is 1. The Hall–Kier alpha value is -3.38. The number of carbonyl (C=O) groups is 1. The van der Waals surface area contributed by atoms with E-state index in [1.807, 2.05) is 73.7 Å². The lowest BCUT2D eigenvalue weighted by Crippen LogP contribution is -2.25. The van der Waals surface area contributed by atoms with Crippen LogP contribution < -0.4 is 10.9 Å². The van der Waals surface area contributed by atoms with E-state index in [9.17, 15) is 9.59 Å². The summed E-state index contributed by atoms with van der Waals surface area (Å²) in [7, 11) is 0. The van der Waals surface area contributed by atoms with E-state index in [0.29, 0.717) is 28.5 Å². The molecule has 4 aromatic rings. The zero-order valence-electron chi connectivity index (χ0n) is 19.0. The van der Waals surface area contributed by atoms with Gasteiger partial charge in [-0.1, -0.05) is 86.3 Å². The van der Waals surface area contributed by atoms with Gasteiger partial charge in [-0.25, -0.2) is 4.98 Å². The first-order valence-electron chi connectivity index (χ1n) is 11.0. The maximum atomic E-state index is 13.3. The summed E-state index contributed by atoms with van der Waals surface area (Å²) in [6.45, 7) is 6.62. The van der Waals surface area contributed by atoms with Crippen molar-refractivity contribution in [1.29, 1.82) is 0 Å². The van der Waals surface area contributed by atoms with Crippen LogP contribution in [-0.4, -0.2) is 21.2 Å². The molecule has 1 heterocycles. The number of carbonyl (C=O) groups excluding carboxylic acids is 1. The van der Waals surface area contributed by atoms with E-state index in [2.05, 4.69) is 19.2 Å². The molecule has 0 radical (unpaired) electrons. The molecule has 33 heavy (non-hydrogen) atoms. The van der Waals surface area contributed by atoms with Gasteiger partial charge in [0.25, 0.3) is 5.56 Å². The monoisotopic (exact) mass is 457 g/mol. The molecule has 0 saturated carbocycles. The van der Waals surface area contributed by atoms with Crippen molar-refractivity contribution in [3.63, 3.8) is 0 Å². The highest BCUT2D eigenvalue weighted by atomic mass is 32.2. The largest absolute Gasteiger partial charge is 0.325 e. The van der Waals surface area contributed by atoms with Crippen LogP contribution in [0.2, 0.25) is 0 Å². The van der Waals surface area contributed by atoms with Crippen LogP contribution in [0.15, 0.2) is 82.7 Å². The summed E-state index contributed by atoms with van der Waals surface area (Å²) in [5.41, 5.74) is 4.54. The van der Waals surface area contributed by atoms with Gasteiger partial charge in [-0.15, -0.1) is 0 Å². The van der Waals surface area contributed by atoms with Crippen LogP contribution in [0.4, 0.5) is 5.69 Å².